The number of aliphatic hydroxyl groups is 1. The van der Waals surface area contributed by atoms with Crippen LogP contribution in [0.3, 0.4) is 0 Å². The fourth-order valence-electron chi connectivity index (χ4n) is 2.07. The SMILES string of the molecule is Cc1cc(C)cc(C(O)c2cc(Cl)ccc2F)c1. The Hall–Kier alpha value is -1.38. The van der Waals surface area contributed by atoms with Crippen molar-refractivity contribution in [2.24, 2.45) is 0 Å². The number of benzene rings is 2. The molecule has 0 radical (unpaired) electrons. The molecule has 0 aliphatic heterocycles. The van der Waals surface area contributed by atoms with Crippen molar-refractivity contribution < 1.29 is 9.50 Å². The number of hydrogen-bond donors (Lipinski definition) is 1. The van der Waals surface area contributed by atoms with E-state index in [2.05, 4.69) is 0 Å². The first-order valence-electron chi connectivity index (χ1n) is 5.68. The second kappa shape index (κ2) is 5.09. The van der Waals surface area contributed by atoms with Crippen LogP contribution in [0.15, 0.2) is 36.4 Å². The molecule has 1 atom stereocenters. The lowest BCUT2D eigenvalue weighted by Crippen LogP contribution is -2.03. The molecule has 1 unspecified atom stereocenters. The molecule has 94 valence electrons. The van der Waals surface area contributed by atoms with Gasteiger partial charge in [0.2, 0.25) is 0 Å². The highest BCUT2D eigenvalue weighted by atomic mass is 35.5. The number of aliphatic hydroxyl groups excluding tert-OH is 1. The molecule has 0 amide bonds. The summed E-state index contributed by atoms with van der Waals surface area (Å²) in [7, 11) is 0. The lowest BCUT2D eigenvalue weighted by atomic mass is 9.98. The van der Waals surface area contributed by atoms with Gasteiger partial charge in [0.25, 0.3) is 0 Å². The third-order valence-electron chi connectivity index (χ3n) is 2.81. The fraction of sp³-hybridized carbons (Fsp3) is 0.200. The monoisotopic (exact) mass is 264 g/mol. The Morgan fingerprint density at radius 1 is 1.06 bits per heavy atom. The van der Waals surface area contributed by atoms with E-state index < -0.39 is 11.9 Å². The predicted octanol–water partition coefficient (Wildman–Crippen LogP) is 4.18. The highest BCUT2D eigenvalue weighted by Crippen LogP contribution is 2.27. The van der Waals surface area contributed by atoms with Crippen molar-refractivity contribution in [1.82, 2.24) is 0 Å². The van der Waals surface area contributed by atoms with Crippen LogP contribution >= 0.6 is 11.6 Å². The van der Waals surface area contributed by atoms with Gasteiger partial charge in [0.1, 0.15) is 11.9 Å². The predicted molar refractivity (Wildman–Crippen MR) is 71.4 cm³/mol. The van der Waals surface area contributed by atoms with Gasteiger partial charge in [-0.1, -0.05) is 40.9 Å². The summed E-state index contributed by atoms with van der Waals surface area (Å²) in [6, 6.07) is 9.89. The molecule has 2 rings (SSSR count). The quantitative estimate of drug-likeness (QED) is 0.863. The molecule has 0 aliphatic rings. The molecule has 0 aromatic heterocycles. The molecule has 0 spiro atoms. The fourth-order valence-corrected chi connectivity index (χ4v) is 2.25. The highest BCUT2D eigenvalue weighted by molar-refractivity contribution is 6.30. The van der Waals surface area contributed by atoms with Crippen molar-refractivity contribution in [2.75, 3.05) is 0 Å². The standard InChI is InChI=1S/C15H14ClFO/c1-9-5-10(2)7-11(6-9)15(18)13-8-12(16)3-4-14(13)17/h3-8,15,18H,1-2H3. The highest BCUT2D eigenvalue weighted by Gasteiger charge is 2.16. The van der Waals surface area contributed by atoms with Crippen LogP contribution in [0.4, 0.5) is 4.39 Å². The maximum Gasteiger partial charge on any atom is 0.129 e. The Labute approximate surface area is 111 Å². The van der Waals surface area contributed by atoms with E-state index in [1.165, 1.54) is 18.2 Å². The Balaban J connectivity index is 2.47. The summed E-state index contributed by atoms with van der Waals surface area (Å²) in [5.74, 6) is -0.453. The van der Waals surface area contributed by atoms with Gasteiger partial charge in [-0.3, -0.25) is 0 Å². The van der Waals surface area contributed by atoms with Crippen molar-refractivity contribution in [1.29, 1.82) is 0 Å². The van der Waals surface area contributed by atoms with Gasteiger partial charge >= 0.3 is 0 Å². The van der Waals surface area contributed by atoms with E-state index in [4.69, 9.17) is 11.6 Å². The molecule has 18 heavy (non-hydrogen) atoms. The topological polar surface area (TPSA) is 20.2 Å². The molecule has 0 fully saturated rings. The minimum absolute atomic E-state index is 0.201. The average Bonchev–Trinajstić information content (AvgIpc) is 2.30. The number of hydrogen-bond acceptors (Lipinski definition) is 1. The van der Waals surface area contributed by atoms with Gasteiger partial charge < -0.3 is 5.11 Å². The van der Waals surface area contributed by atoms with Gasteiger partial charge in [-0.2, -0.15) is 0 Å². The third kappa shape index (κ3) is 2.71. The lowest BCUT2D eigenvalue weighted by Gasteiger charge is -2.14. The second-order valence-corrected chi connectivity index (χ2v) is 4.93. The Bertz CT molecular complexity index is 560. The number of halogens is 2. The van der Waals surface area contributed by atoms with Crippen LogP contribution in [0.1, 0.15) is 28.4 Å². The van der Waals surface area contributed by atoms with Crippen LogP contribution in [0.25, 0.3) is 0 Å². The molecule has 0 heterocycles. The van der Waals surface area contributed by atoms with Crippen LogP contribution in [0, 0.1) is 19.7 Å². The molecule has 1 nitrogen and oxygen atoms in total. The largest absolute Gasteiger partial charge is 0.384 e. The van der Waals surface area contributed by atoms with Crippen LogP contribution in [0.5, 0.6) is 0 Å². The second-order valence-electron chi connectivity index (χ2n) is 4.49. The smallest absolute Gasteiger partial charge is 0.129 e. The van der Waals surface area contributed by atoms with Crippen molar-refractivity contribution >= 4 is 11.6 Å². The van der Waals surface area contributed by atoms with Gasteiger partial charge in [-0.25, -0.2) is 4.39 Å². The summed E-state index contributed by atoms with van der Waals surface area (Å²) < 4.78 is 13.7. The van der Waals surface area contributed by atoms with Gasteiger partial charge in [0.15, 0.2) is 0 Å². The average molecular weight is 265 g/mol. The first-order chi connectivity index (χ1) is 8.47. The normalized spacial score (nSPS) is 12.5. The summed E-state index contributed by atoms with van der Waals surface area (Å²) in [4.78, 5) is 0. The molecule has 0 saturated carbocycles. The van der Waals surface area contributed by atoms with Crippen molar-refractivity contribution in [3.05, 3.63) is 69.5 Å². The van der Waals surface area contributed by atoms with Gasteiger partial charge in [-0.15, -0.1) is 0 Å². The van der Waals surface area contributed by atoms with Crippen LogP contribution in [0.2, 0.25) is 5.02 Å². The van der Waals surface area contributed by atoms with Crippen molar-refractivity contribution in [3.63, 3.8) is 0 Å². The molecular formula is C15H14ClFO. The molecule has 3 heteroatoms. The van der Waals surface area contributed by atoms with Crippen molar-refractivity contribution in [2.45, 2.75) is 20.0 Å². The van der Waals surface area contributed by atoms with E-state index in [0.717, 1.165) is 11.1 Å². The zero-order valence-corrected chi connectivity index (χ0v) is 11.0. The number of rotatable bonds is 2. The van der Waals surface area contributed by atoms with Gasteiger partial charge in [0.05, 0.1) is 0 Å². The molecule has 0 aliphatic carbocycles. The zero-order valence-electron chi connectivity index (χ0n) is 10.2. The van der Waals surface area contributed by atoms with E-state index in [1.54, 1.807) is 0 Å². The van der Waals surface area contributed by atoms with Crippen LogP contribution in [-0.4, -0.2) is 5.11 Å². The molecule has 0 saturated heterocycles. The summed E-state index contributed by atoms with van der Waals surface area (Å²) in [5, 5.41) is 10.7. The Morgan fingerprint density at radius 3 is 2.28 bits per heavy atom. The molecule has 1 N–H and O–H groups in total. The van der Waals surface area contributed by atoms with E-state index in [9.17, 15) is 9.50 Å². The van der Waals surface area contributed by atoms with Gasteiger partial charge in [-0.05, 0) is 37.6 Å². The van der Waals surface area contributed by atoms with Crippen LogP contribution in [-0.2, 0) is 0 Å². The molecule has 2 aromatic carbocycles. The summed E-state index contributed by atoms with van der Waals surface area (Å²) in [6.45, 7) is 3.88. The van der Waals surface area contributed by atoms with E-state index in [0.29, 0.717) is 10.6 Å². The third-order valence-corrected chi connectivity index (χ3v) is 3.05. The minimum Gasteiger partial charge on any atom is -0.384 e. The summed E-state index contributed by atoms with van der Waals surface area (Å²) in [5.41, 5.74) is 2.94. The molecule has 2 aromatic rings. The molecule has 0 bridgehead atoms. The van der Waals surface area contributed by atoms with E-state index >= 15 is 0 Å². The Kier molecular flexibility index (Phi) is 3.69. The number of aryl methyl sites for hydroxylation is 2. The van der Waals surface area contributed by atoms with Gasteiger partial charge in [0, 0.05) is 10.6 Å². The van der Waals surface area contributed by atoms with E-state index in [-0.39, 0.29) is 5.56 Å². The van der Waals surface area contributed by atoms with E-state index in [1.807, 2.05) is 32.0 Å². The maximum atomic E-state index is 13.7. The van der Waals surface area contributed by atoms with Crippen LogP contribution < -0.4 is 0 Å². The lowest BCUT2D eigenvalue weighted by molar-refractivity contribution is 0.215. The summed E-state index contributed by atoms with van der Waals surface area (Å²) in [6.07, 6.45) is -0.998. The Morgan fingerprint density at radius 2 is 1.67 bits per heavy atom. The zero-order chi connectivity index (χ0) is 13.3. The summed E-state index contributed by atoms with van der Waals surface area (Å²) >= 11 is 5.83. The first kappa shape index (κ1) is 13.1. The van der Waals surface area contributed by atoms with Crippen molar-refractivity contribution in [3.8, 4) is 0 Å². The minimum atomic E-state index is -0.998. The maximum absolute atomic E-state index is 13.7. The first-order valence-corrected chi connectivity index (χ1v) is 6.06. The molecular weight excluding hydrogens is 251 g/mol.